The van der Waals surface area contributed by atoms with E-state index in [2.05, 4.69) is 19.7 Å². The summed E-state index contributed by atoms with van der Waals surface area (Å²) in [5, 5.41) is 8.57. The molecule has 1 heteroatoms. The summed E-state index contributed by atoms with van der Waals surface area (Å²) >= 11 is 0. The van der Waals surface area contributed by atoms with Crippen molar-refractivity contribution in [3.63, 3.8) is 0 Å². The van der Waals surface area contributed by atoms with Gasteiger partial charge >= 0.3 is 0 Å². The lowest BCUT2D eigenvalue weighted by molar-refractivity contribution is 0.325. The van der Waals surface area contributed by atoms with Crippen molar-refractivity contribution in [3.8, 4) is 0 Å². The fourth-order valence-electron chi connectivity index (χ4n) is 0.535. The van der Waals surface area contributed by atoms with Gasteiger partial charge in [-0.3, -0.25) is 0 Å². The van der Waals surface area contributed by atoms with E-state index in [0.717, 1.165) is 5.57 Å². The van der Waals surface area contributed by atoms with Gasteiger partial charge in [-0.2, -0.15) is 0 Å². The van der Waals surface area contributed by atoms with Gasteiger partial charge in [0.05, 0.1) is 6.61 Å². The molecule has 50 valence electrons. The maximum Gasteiger partial charge on any atom is 0.0647 e. The largest absolute Gasteiger partial charge is 0.392 e. The average Bonchev–Trinajstić information content (AvgIpc) is 1.90. The molecule has 0 aromatic carbocycles. The molecule has 1 nitrogen and oxygen atoms in total. The summed E-state index contributed by atoms with van der Waals surface area (Å²) in [6, 6.07) is 0. The predicted octanol–water partition coefficient (Wildman–Crippen LogP) is 1.52. The highest BCUT2D eigenvalue weighted by Gasteiger charge is 2.00. The lowest BCUT2D eigenvalue weighted by Gasteiger charge is -2.05. The van der Waals surface area contributed by atoms with Gasteiger partial charge in [0.1, 0.15) is 0 Å². The topological polar surface area (TPSA) is 20.2 Å². The van der Waals surface area contributed by atoms with Crippen LogP contribution in [0.15, 0.2) is 37.5 Å². The molecule has 0 aromatic heterocycles. The summed E-state index contributed by atoms with van der Waals surface area (Å²) in [5.74, 6) is 0.0509. The maximum atomic E-state index is 8.57. The first-order valence-electron chi connectivity index (χ1n) is 2.80. The molecule has 0 saturated carbocycles. The van der Waals surface area contributed by atoms with Crippen LogP contribution in [0.25, 0.3) is 0 Å². The molecule has 0 aromatic rings. The molecule has 1 N–H and O–H groups in total. The van der Waals surface area contributed by atoms with Gasteiger partial charge in [0.15, 0.2) is 0 Å². The zero-order valence-electron chi connectivity index (χ0n) is 5.51. The van der Waals surface area contributed by atoms with Crippen LogP contribution in [0.2, 0.25) is 0 Å². The molecule has 0 aliphatic rings. The van der Waals surface area contributed by atoms with E-state index in [1.165, 1.54) is 0 Å². The third-order valence-electron chi connectivity index (χ3n) is 1.18. The molecule has 0 bridgehead atoms. The molecule has 9 heavy (non-hydrogen) atoms. The van der Waals surface area contributed by atoms with Crippen LogP contribution in [-0.2, 0) is 0 Å². The van der Waals surface area contributed by atoms with Crippen molar-refractivity contribution in [3.05, 3.63) is 37.5 Å². The standard InChI is InChI=1S/C8H12O/c1-4-8(5-2)7(3)6-9/h4-5,8-9H,1-3,6H2. The molecule has 0 rings (SSSR count). The van der Waals surface area contributed by atoms with E-state index < -0.39 is 0 Å². The van der Waals surface area contributed by atoms with E-state index in [4.69, 9.17) is 5.11 Å². The Labute approximate surface area is 56.0 Å². The van der Waals surface area contributed by atoms with Crippen LogP contribution in [0.1, 0.15) is 0 Å². The highest BCUT2D eigenvalue weighted by molar-refractivity contribution is 5.14. The fourth-order valence-corrected chi connectivity index (χ4v) is 0.535. The Hall–Kier alpha value is -0.820. The van der Waals surface area contributed by atoms with Crippen molar-refractivity contribution in [2.24, 2.45) is 5.92 Å². The minimum atomic E-state index is 0.00269. The molecular formula is C8H12O. The minimum Gasteiger partial charge on any atom is -0.392 e. The molecule has 0 aliphatic heterocycles. The highest BCUT2D eigenvalue weighted by atomic mass is 16.3. The van der Waals surface area contributed by atoms with Crippen molar-refractivity contribution in [1.82, 2.24) is 0 Å². The van der Waals surface area contributed by atoms with Gasteiger partial charge < -0.3 is 5.11 Å². The monoisotopic (exact) mass is 124 g/mol. The maximum absolute atomic E-state index is 8.57. The second-order valence-electron chi connectivity index (χ2n) is 1.81. The van der Waals surface area contributed by atoms with Gasteiger partial charge in [-0.25, -0.2) is 0 Å². The van der Waals surface area contributed by atoms with Gasteiger partial charge in [-0.15, -0.1) is 13.2 Å². The highest BCUT2D eigenvalue weighted by Crippen LogP contribution is 2.09. The first-order chi connectivity index (χ1) is 4.26. The van der Waals surface area contributed by atoms with E-state index in [1.807, 2.05) is 0 Å². The van der Waals surface area contributed by atoms with E-state index in [0.29, 0.717) is 0 Å². The Morgan fingerprint density at radius 2 is 1.89 bits per heavy atom. The van der Waals surface area contributed by atoms with Crippen LogP contribution in [0.3, 0.4) is 0 Å². The van der Waals surface area contributed by atoms with Crippen molar-refractivity contribution in [2.75, 3.05) is 6.61 Å². The number of hydrogen-bond acceptors (Lipinski definition) is 1. The second kappa shape index (κ2) is 4.10. The number of aliphatic hydroxyl groups excluding tert-OH is 1. The number of allylic oxidation sites excluding steroid dienone is 2. The third kappa shape index (κ3) is 2.29. The van der Waals surface area contributed by atoms with Crippen molar-refractivity contribution < 1.29 is 5.11 Å². The molecule has 0 saturated heterocycles. The van der Waals surface area contributed by atoms with Gasteiger partial charge in [0, 0.05) is 5.92 Å². The Balaban J connectivity index is 3.93. The molecule has 0 spiro atoms. The predicted molar refractivity (Wildman–Crippen MR) is 40.1 cm³/mol. The van der Waals surface area contributed by atoms with Gasteiger partial charge in [0.2, 0.25) is 0 Å². The molecule has 0 atom stereocenters. The smallest absolute Gasteiger partial charge is 0.0647 e. The molecule has 0 amide bonds. The Morgan fingerprint density at radius 3 is 2.00 bits per heavy atom. The number of hydrogen-bond donors (Lipinski definition) is 1. The Kier molecular flexibility index (Phi) is 3.72. The first-order valence-corrected chi connectivity index (χ1v) is 2.80. The molecule has 0 unspecified atom stereocenters. The zero-order chi connectivity index (χ0) is 7.28. The zero-order valence-corrected chi connectivity index (χ0v) is 5.51. The SMILES string of the molecule is C=CC(C=C)C(=C)CO. The summed E-state index contributed by atoms with van der Waals surface area (Å²) in [7, 11) is 0. The van der Waals surface area contributed by atoms with Crippen LogP contribution >= 0.6 is 0 Å². The van der Waals surface area contributed by atoms with Crippen molar-refractivity contribution in [1.29, 1.82) is 0 Å². The second-order valence-corrected chi connectivity index (χ2v) is 1.81. The quantitative estimate of drug-likeness (QED) is 0.563. The van der Waals surface area contributed by atoms with Crippen molar-refractivity contribution in [2.45, 2.75) is 0 Å². The van der Waals surface area contributed by atoms with Gasteiger partial charge in [-0.05, 0) is 5.57 Å². The lowest BCUT2D eigenvalue weighted by atomic mass is 10.0. The van der Waals surface area contributed by atoms with E-state index in [9.17, 15) is 0 Å². The van der Waals surface area contributed by atoms with Crippen LogP contribution in [-0.4, -0.2) is 11.7 Å². The van der Waals surface area contributed by atoms with Crippen LogP contribution in [0.4, 0.5) is 0 Å². The number of aliphatic hydroxyl groups is 1. The van der Waals surface area contributed by atoms with E-state index in [-0.39, 0.29) is 12.5 Å². The van der Waals surface area contributed by atoms with Crippen LogP contribution in [0, 0.1) is 5.92 Å². The summed E-state index contributed by atoms with van der Waals surface area (Å²) in [5.41, 5.74) is 0.736. The average molecular weight is 124 g/mol. The van der Waals surface area contributed by atoms with Crippen LogP contribution < -0.4 is 0 Å². The number of rotatable bonds is 4. The Morgan fingerprint density at radius 1 is 1.44 bits per heavy atom. The summed E-state index contributed by atoms with van der Waals surface area (Å²) in [6.45, 7) is 10.7. The summed E-state index contributed by atoms with van der Waals surface area (Å²) < 4.78 is 0. The minimum absolute atomic E-state index is 0.00269. The van der Waals surface area contributed by atoms with Gasteiger partial charge in [0.25, 0.3) is 0 Å². The van der Waals surface area contributed by atoms with E-state index in [1.54, 1.807) is 12.2 Å². The lowest BCUT2D eigenvalue weighted by Crippen LogP contribution is -1.98. The first kappa shape index (κ1) is 8.18. The fraction of sp³-hybridized carbons (Fsp3) is 0.250. The summed E-state index contributed by atoms with van der Waals surface area (Å²) in [6.07, 6.45) is 3.40. The molecule has 0 fully saturated rings. The third-order valence-corrected chi connectivity index (χ3v) is 1.18. The molecular weight excluding hydrogens is 112 g/mol. The molecule has 0 aliphatic carbocycles. The van der Waals surface area contributed by atoms with Gasteiger partial charge in [-0.1, -0.05) is 18.7 Å². The van der Waals surface area contributed by atoms with Crippen molar-refractivity contribution >= 4 is 0 Å². The normalized spacial score (nSPS) is 9.11. The van der Waals surface area contributed by atoms with E-state index >= 15 is 0 Å². The Bertz CT molecular complexity index is 117. The molecule has 0 radical (unpaired) electrons. The molecule has 0 heterocycles. The summed E-state index contributed by atoms with van der Waals surface area (Å²) in [4.78, 5) is 0. The van der Waals surface area contributed by atoms with Crippen LogP contribution in [0.5, 0.6) is 0 Å².